The highest BCUT2D eigenvalue weighted by atomic mass is 79.9. The molecule has 0 aliphatic carbocycles. The second-order valence-corrected chi connectivity index (χ2v) is 9.01. The molecule has 6 nitrogen and oxygen atoms in total. The Labute approximate surface area is 161 Å². The average molecular weight is 439 g/mol. The van der Waals surface area contributed by atoms with Gasteiger partial charge in [0.1, 0.15) is 0 Å². The topological polar surface area (TPSA) is 92.3 Å². The molecule has 0 atom stereocenters. The number of rotatable bonds is 6. The van der Waals surface area contributed by atoms with Crippen molar-refractivity contribution in [2.24, 2.45) is 0 Å². The molecule has 2 aromatic rings. The van der Waals surface area contributed by atoms with E-state index in [1.54, 1.807) is 18.2 Å². The number of carbonyl (C=O) groups excluding carboxylic acids is 2. The lowest BCUT2D eigenvalue weighted by Crippen LogP contribution is -2.33. The van der Waals surface area contributed by atoms with E-state index in [1.165, 1.54) is 12.1 Å². The lowest BCUT2D eigenvalue weighted by Gasteiger charge is -2.10. The maximum atomic E-state index is 12.1. The maximum absolute atomic E-state index is 12.1. The first-order valence-electron chi connectivity index (χ1n) is 7.75. The van der Waals surface area contributed by atoms with Gasteiger partial charge >= 0.3 is 0 Å². The molecule has 0 saturated carbocycles. The smallest absolute Gasteiger partial charge is 0.251 e. The predicted octanol–water partition coefficient (Wildman–Crippen LogP) is 2.67. The van der Waals surface area contributed by atoms with Crippen molar-refractivity contribution in [3.8, 4) is 0 Å². The standard InChI is InChI=1S/C18H19BrN2O4S/c1-12-9-15(19)7-8-16(12)21-17(22)10-20-18(23)14-5-3-13(4-6-14)11-26(2,24)25/h3-9H,10-11H2,1-2H3,(H,20,23)(H,21,22). The third kappa shape index (κ3) is 6.27. The molecule has 26 heavy (non-hydrogen) atoms. The number of amides is 2. The van der Waals surface area contributed by atoms with Crippen LogP contribution < -0.4 is 10.6 Å². The van der Waals surface area contributed by atoms with Crippen LogP contribution in [0, 0.1) is 6.92 Å². The molecule has 2 amide bonds. The molecule has 2 aromatic carbocycles. The first-order valence-corrected chi connectivity index (χ1v) is 10.6. The van der Waals surface area contributed by atoms with Gasteiger partial charge < -0.3 is 10.6 Å². The summed E-state index contributed by atoms with van der Waals surface area (Å²) in [4.78, 5) is 24.1. The minimum absolute atomic E-state index is 0.0795. The van der Waals surface area contributed by atoms with Gasteiger partial charge in [-0.2, -0.15) is 0 Å². The highest BCUT2D eigenvalue weighted by molar-refractivity contribution is 9.10. The van der Waals surface area contributed by atoms with E-state index in [2.05, 4.69) is 26.6 Å². The van der Waals surface area contributed by atoms with Gasteiger partial charge in [0.25, 0.3) is 5.91 Å². The minimum Gasteiger partial charge on any atom is -0.343 e. The molecule has 0 bridgehead atoms. The van der Waals surface area contributed by atoms with Gasteiger partial charge in [-0.25, -0.2) is 8.42 Å². The Kier molecular flexibility index (Phi) is 6.55. The molecular weight excluding hydrogens is 420 g/mol. The van der Waals surface area contributed by atoms with Gasteiger partial charge in [-0.15, -0.1) is 0 Å². The molecule has 0 unspecified atom stereocenters. The number of aryl methyl sites for hydroxylation is 1. The summed E-state index contributed by atoms with van der Waals surface area (Å²) in [7, 11) is -3.12. The number of hydrogen-bond acceptors (Lipinski definition) is 4. The average Bonchev–Trinajstić information content (AvgIpc) is 2.54. The van der Waals surface area contributed by atoms with Crippen LogP contribution >= 0.6 is 15.9 Å². The first-order chi connectivity index (χ1) is 12.1. The van der Waals surface area contributed by atoms with Crippen LogP contribution in [-0.4, -0.2) is 33.0 Å². The van der Waals surface area contributed by atoms with Crippen LogP contribution in [0.3, 0.4) is 0 Å². The lowest BCUT2D eigenvalue weighted by atomic mass is 10.1. The number of sulfone groups is 1. The summed E-state index contributed by atoms with van der Waals surface area (Å²) in [5.41, 5.74) is 2.54. The van der Waals surface area contributed by atoms with Gasteiger partial charge in [-0.1, -0.05) is 28.1 Å². The fourth-order valence-electron chi connectivity index (χ4n) is 2.28. The van der Waals surface area contributed by atoms with Crippen molar-refractivity contribution in [1.29, 1.82) is 0 Å². The largest absolute Gasteiger partial charge is 0.343 e. The summed E-state index contributed by atoms with van der Waals surface area (Å²) < 4.78 is 23.4. The van der Waals surface area contributed by atoms with E-state index in [1.807, 2.05) is 19.1 Å². The maximum Gasteiger partial charge on any atom is 0.251 e. The Hall–Kier alpha value is -2.19. The SMILES string of the molecule is Cc1cc(Br)ccc1NC(=O)CNC(=O)c1ccc(CS(C)(=O)=O)cc1. The van der Waals surface area contributed by atoms with Gasteiger partial charge in [0.15, 0.2) is 9.84 Å². The summed E-state index contributed by atoms with van der Waals surface area (Å²) in [6.07, 6.45) is 1.15. The van der Waals surface area contributed by atoms with Crippen LogP contribution in [-0.2, 0) is 20.4 Å². The first kappa shape index (κ1) is 20.1. The molecule has 2 rings (SSSR count). The highest BCUT2D eigenvalue weighted by Gasteiger charge is 2.10. The summed E-state index contributed by atoms with van der Waals surface area (Å²) in [5.74, 6) is -0.819. The van der Waals surface area contributed by atoms with Gasteiger partial charge in [-0.05, 0) is 48.4 Å². The van der Waals surface area contributed by atoms with E-state index in [9.17, 15) is 18.0 Å². The van der Waals surface area contributed by atoms with Crippen molar-refractivity contribution in [3.05, 3.63) is 63.6 Å². The monoisotopic (exact) mass is 438 g/mol. The van der Waals surface area contributed by atoms with Crippen LogP contribution in [0.4, 0.5) is 5.69 Å². The fourth-order valence-corrected chi connectivity index (χ4v) is 3.55. The second kappa shape index (κ2) is 8.46. The zero-order valence-electron chi connectivity index (χ0n) is 14.4. The molecule has 138 valence electrons. The normalized spacial score (nSPS) is 11.0. The summed E-state index contributed by atoms with van der Waals surface area (Å²) >= 11 is 3.36. The number of halogens is 1. The molecule has 0 heterocycles. The lowest BCUT2D eigenvalue weighted by molar-refractivity contribution is -0.115. The Morgan fingerprint density at radius 2 is 1.73 bits per heavy atom. The molecule has 0 fully saturated rings. The fraction of sp³-hybridized carbons (Fsp3) is 0.222. The van der Waals surface area contributed by atoms with Crippen LogP contribution in [0.2, 0.25) is 0 Å². The molecule has 0 spiro atoms. The van der Waals surface area contributed by atoms with E-state index in [0.29, 0.717) is 16.8 Å². The van der Waals surface area contributed by atoms with Crippen molar-refractivity contribution in [2.45, 2.75) is 12.7 Å². The summed E-state index contributed by atoms with van der Waals surface area (Å²) in [6, 6.07) is 11.7. The molecular formula is C18H19BrN2O4S. The molecule has 2 N–H and O–H groups in total. The van der Waals surface area contributed by atoms with Crippen molar-refractivity contribution in [3.63, 3.8) is 0 Å². The third-order valence-corrected chi connectivity index (χ3v) is 4.87. The molecule has 0 radical (unpaired) electrons. The van der Waals surface area contributed by atoms with Crippen molar-refractivity contribution in [1.82, 2.24) is 5.32 Å². The van der Waals surface area contributed by atoms with Gasteiger partial charge in [0, 0.05) is 22.0 Å². The molecule has 0 aromatic heterocycles. The van der Waals surface area contributed by atoms with Crippen LogP contribution in [0.15, 0.2) is 46.9 Å². The second-order valence-electron chi connectivity index (χ2n) is 5.96. The summed E-state index contributed by atoms with van der Waals surface area (Å²) in [5, 5.41) is 5.28. The van der Waals surface area contributed by atoms with Gasteiger partial charge in [-0.3, -0.25) is 9.59 Å². The van der Waals surface area contributed by atoms with E-state index in [-0.39, 0.29) is 18.2 Å². The number of carbonyl (C=O) groups is 2. The number of hydrogen-bond donors (Lipinski definition) is 2. The highest BCUT2D eigenvalue weighted by Crippen LogP contribution is 2.19. The van der Waals surface area contributed by atoms with Crippen LogP contribution in [0.5, 0.6) is 0 Å². The number of anilines is 1. The molecule has 0 aliphatic rings. The minimum atomic E-state index is -3.12. The van der Waals surface area contributed by atoms with Crippen molar-refractivity contribution in [2.75, 3.05) is 18.1 Å². The molecule has 0 aliphatic heterocycles. The van der Waals surface area contributed by atoms with E-state index < -0.39 is 15.7 Å². The van der Waals surface area contributed by atoms with Gasteiger partial charge in [0.2, 0.25) is 5.91 Å². The Morgan fingerprint density at radius 1 is 1.08 bits per heavy atom. The van der Waals surface area contributed by atoms with Crippen LogP contribution in [0.25, 0.3) is 0 Å². The zero-order valence-corrected chi connectivity index (χ0v) is 16.8. The predicted molar refractivity (Wildman–Crippen MR) is 105 cm³/mol. The van der Waals surface area contributed by atoms with Crippen LogP contribution in [0.1, 0.15) is 21.5 Å². The van der Waals surface area contributed by atoms with E-state index >= 15 is 0 Å². The van der Waals surface area contributed by atoms with E-state index in [4.69, 9.17) is 0 Å². The summed E-state index contributed by atoms with van der Waals surface area (Å²) in [6.45, 7) is 1.70. The Morgan fingerprint density at radius 3 is 2.31 bits per heavy atom. The number of benzene rings is 2. The van der Waals surface area contributed by atoms with Crippen molar-refractivity contribution >= 4 is 43.3 Å². The van der Waals surface area contributed by atoms with Gasteiger partial charge in [0.05, 0.1) is 12.3 Å². The third-order valence-electron chi connectivity index (χ3n) is 3.52. The Bertz CT molecular complexity index is 925. The number of nitrogens with one attached hydrogen (secondary N) is 2. The molecule has 0 saturated heterocycles. The van der Waals surface area contributed by atoms with Crippen molar-refractivity contribution < 1.29 is 18.0 Å². The zero-order chi connectivity index (χ0) is 19.3. The Balaban J connectivity index is 1.90. The quantitative estimate of drug-likeness (QED) is 0.724. The van der Waals surface area contributed by atoms with E-state index in [0.717, 1.165) is 16.3 Å². The molecule has 8 heteroatoms.